The third-order valence-electron chi connectivity index (χ3n) is 2.95. The molecular weight excluding hydrogens is 276 g/mol. The van der Waals surface area contributed by atoms with Gasteiger partial charge >= 0.3 is 0 Å². The molecule has 0 aliphatic carbocycles. The number of nitrogens with one attached hydrogen (secondary N) is 1. The lowest BCUT2D eigenvalue weighted by molar-refractivity contribution is 0.100. The van der Waals surface area contributed by atoms with Crippen molar-refractivity contribution in [1.29, 1.82) is 0 Å². The number of ether oxygens (including phenoxy) is 2. The summed E-state index contributed by atoms with van der Waals surface area (Å²) >= 11 is 1.51. The molecule has 0 atom stereocenters. The SMILES string of the molecule is NC(=O)c1csc(CNc2ccc3c(c2)OCCO3)c1. The van der Waals surface area contributed by atoms with Crippen molar-refractivity contribution in [2.75, 3.05) is 18.5 Å². The van der Waals surface area contributed by atoms with Crippen molar-refractivity contribution >= 4 is 22.9 Å². The van der Waals surface area contributed by atoms with E-state index in [-0.39, 0.29) is 0 Å². The molecular formula is C14H14N2O3S. The molecule has 0 bridgehead atoms. The summed E-state index contributed by atoms with van der Waals surface area (Å²) in [5.74, 6) is 1.13. The summed E-state index contributed by atoms with van der Waals surface area (Å²) in [6.07, 6.45) is 0. The Hall–Kier alpha value is -2.21. The number of nitrogens with two attached hydrogens (primary N) is 1. The highest BCUT2D eigenvalue weighted by Gasteiger charge is 2.11. The lowest BCUT2D eigenvalue weighted by Gasteiger charge is -2.19. The van der Waals surface area contributed by atoms with E-state index in [1.807, 2.05) is 18.2 Å². The van der Waals surface area contributed by atoms with Gasteiger partial charge in [-0.3, -0.25) is 4.79 Å². The van der Waals surface area contributed by atoms with Crippen LogP contribution in [0.5, 0.6) is 11.5 Å². The van der Waals surface area contributed by atoms with Crippen molar-refractivity contribution in [3.63, 3.8) is 0 Å². The fraction of sp³-hybridized carbons (Fsp3) is 0.214. The standard InChI is InChI=1S/C14H14N2O3S/c15-14(17)9-5-11(20-8-9)7-16-10-1-2-12-13(6-10)19-4-3-18-12/h1-2,5-6,8,16H,3-4,7H2,(H2,15,17). The smallest absolute Gasteiger partial charge is 0.249 e. The van der Waals surface area contributed by atoms with E-state index >= 15 is 0 Å². The van der Waals surface area contributed by atoms with Gasteiger partial charge in [0.25, 0.3) is 0 Å². The van der Waals surface area contributed by atoms with E-state index in [4.69, 9.17) is 15.2 Å². The van der Waals surface area contributed by atoms with Crippen molar-refractivity contribution in [3.05, 3.63) is 40.1 Å². The van der Waals surface area contributed by atoms with E-state index in [1.54, 1.807) is 11.4 Å². The van der Waals surface area contributed by atoms with E-state index in [0.717, 1.165) is 22.1 Å². The Labute approximate surface area is 120 Å². The number of hydrogen-bond donors (Lipinski definition) is 2. The van der Waals surface area contributed by atoms with Crippen LogP contribution in [-0.4, -0.2) is 19.1 Å². The van der Waals surface area contributed by atoms with Crippen LogP contribution in [0.15, 0.2) is 29.6 Å². The molecule has 0 unspecified atom stereocenters. The van der Waals surface area contributed by atoms with Gasteiger partial charge in [-0.05, 0) is 18.2 Å². The number of anilines is 1. The van der Waals surface area contributed by atoms with Crippen LogP contribution in [0.2, 0.25) is 0 Å². The molecule has 0 saturated heterocycles. The summed E-state index contributed by atoms with van der Waals surface area (Å²) in [7, 11) is 0. The predicted octanol–water partition coefficient (Wildman–Crippen LogP) is 2.23. The second-order valence-electron chi connectivity index (χ2n) is 4.38. The highest BCUT2D eigenvalue weighted by Crippen LogP contribution is 2.32. The number of benzene rings is 1. The molecule has 0 spiro atoms. The first-order valence-corrected chi connectivity index (χ1v) is 7.11. The van der Waals surface area contributed by atoms with Crippen molar-refractivity contribution < 1.29 is 14.3 Å². The number of carbonyl (C=O) groups is 1. The van der Waals surface area contributed by atoms with Gasteiger partial charge in [0.2, 0.25) is 5.91 Å². The average Bonchev–Trinajstić information content (AvgIpc) is 2.94. The summed E-state index contributed by atoms with van der Waals surface area (Å²) in [4.78, 5) is 12.1. The van der Waals surface area contributed by atoms with Crippen molar-refractivity contribution in [2.24, 2.45) is 5.73 Å². The predicted molar refractivity (Wildman–Crippen MR) is 77.6 cm³/mol. The van der Waals surface area contributed by atoms with Crippen LogP contribution in [-0.2, 0) is 6.54 Å². The largest absolute Gasteiger partial charge is 0.486 e. The fourth-order valence-electron chi connectivity index (χ4n) is 1.95. The Bertz CT molecular complexity index is 639. The zero-order valence-corrected chi connectivity index (χ0v) is 11.5. The second-order valence-corrected chi connectivity index (χ2v) is 5.37. The number of primary amides is 1. The normalized spacial score (nSPS) is 13.0. The summed E-state index contributed by atoms with van der Waals surface area (Å²) in [5, 5.41) is 5.05. The van der Waals surface area contributed by atoms with Gasteiger partial charge in [-0.2, -0.15) is 0 Å². The zero-order chi connectivity index (χ0) is 13.9. The third-order valence-corrected chi connectivity index (χ3v) is 3.88. The van der Waals surface area contributed by atoms with Gasteiger partial charge in [-0.15, -0.1) is 11.3 Å². The molecule has 6 heteroatoms. The van der Waals surface area contributed by atoms with E-state index in [0.29, 0.717) is 25.3 Å². The molecule has 5 nitrogen and oxygen atoms in total. The van der Waals surface area contributed by atoms with Crippen molar-refractivity contribution in [3.8, 4) is 11.5 Å². The lowest BCUT2D eigenvalue weighted by Crippen LogP contribution is -2.15. The Morgan fingerprint density at radius 2 is 2.05 bits per heavy atom. The molecule has 3 N–H and O–H groups in total. The molecule has 0 saturated carbocycles. The summed E-state index contributed by atoms with van der Waals surface area (Å²) in [5.41, 5.74) is 6.72. The molecule has 1 aliphatic rings. The minimum absolute atomic E-state index is 0.396. The van der Waals surface area contributed by atoms with E-state index in [1.165, 1.54) is 11.3 Å². The molecule has 0 fully saturated rings. The molecule has 104 valence electrons. The van der Waals surface area contributed by atoms with Crippen LogP contribution < -0.4 is 20.5 Å². The van der Waals surface area contributed by atoms with Gasteiger partial charge in [0.05, 0.1) is 5.56 Å². The van der Waals surface area contributed by atoms with Crippen LogP contribution >= 0.6 is 11.3 Å². The van der Waals surface area contributed by atoms with Crippen LogP contribution in [0.1, 0.15) is 15.2 Å². The van der Waals surface area contributed by atoms with Crippen LogP contribution in [0, 0.1) is 0 Å². The molecule has 2 heterocycles. The number of carbonyl (C=O) groups excluding carboxylic acids is 1. The Kier molecular flexibility index (Phi) is 3.47. The van der Waals surface area contributed by atoms with E-state index < -0.39 is 5.91 Å². The van der Waals surface area contributed by atoms with Gasteiger partial charge in [0.1, 0.15) is 13.2 Å². The maximum Gasteiger partial charge on any atom is 0.249 e. The van der Waals surface area contributed by atoms with Gasteiger partial charge in [0, 0.05) is 28.6 Å². The first-order valence-electron chi connectivity index (χ1n) is 6.23. The molecule has 20 heavy (non-hydrogen) atoms. The topological polar surface area (TPSA) is 73.6 Å². The number of thiophene rings is 1. The van der Waals surface area contributed by atoms with Crippen LogP contribution in [0.3, 0.4) is 0 Å². The summed E-state index contributed by atoms with van der Waals surface area (Å²) in [6, 6.07) is 7.55. The maximum atomic E-state index is 11.0. The molecule has 2 aromatic rings. The van der Waals surface area contributed by atoms with Gasteiger partial charge in [-0.25, -0.2) is 0 Å². The molecule has 1 amide bonds. The first kappa shape index (κ1) is 12.8. The number of hydrogen-bond acceptors (Lipinski definition) is 5. The fourth-order valence-corrected chi connectivity index (χ4v) is 2.76. The second kappa shape index (κ2) is 5.42. The Balaban J connectivity index is 1.67. The Morgan fingerprint density at radius 3 is 2.80 bits per heavy atom. The average molecular weight is 290 g/mol. The van der Waals surface area contributed by atoms with Crippen LogP contribution in [0.25, 0.3) is 0 Å². The number of amides is 1. The lowest BCUT2D eigenvalue weighted by atomic mass is 10.2. The highest BCUT2D eigenvalue weighted by atomic mass is 32.1. The highest BCUT2D eigenvalue weighted by molar-refractivity contribution is 7.10. The van der Waals surface area contributed by atoms with E-state index in [2.05, 4.69) is 5.32 Å². The number of fused-ring (bicyclic) bond motifs is 1. The zero-order valence-electron chi connectivity index (χ0n) is 10.7. The maximum absolute atomic E-state index is 11.0. The molecule has 0 radical (unpaired) electrons. The first-order chi connectivity index (χ1) is 9.72. The monoisotopic (exact) mass is 290 g/mol. The molecule has 1 aromatic carbocycles. The molecule has 1 aromatic heterocycles. The van der Waals surface area contributed by atoms with Gasteiger partial charge < -0.3 is 20.5 Å². The quantitative estimate of drug-likeness (QED) is 0.905. The van der Waals surface area contributed by atoms with Crippen LogP contribution in [0.4, 0.5) is 5.69 Å². The third kappa shape index (κ3) is 2.70. The Morgan fingerprint density at radius 1 is 1.25 bits per heavy atom. The number of rotatable bonds is 4. The van der Waals surface area contributed by atoms with Crippen molar-refractivity contribution in [1.82, 2.24) is 0 Å². The molecule has 3 rings (SSSR count). The summed E-state index contributed by atoms with van der Waals surface area (Å²) in [6.45, 7) is 1.80. The van der Waals surface area contributed by atoms with Gasteiger partial charge in [0.15, 0.2) is 11.5 Å². The van der Waals surface area contributed by atoms with Crippen molar-refractivity contribution in [2.45, 2.75) is 6.54 Å². The van der Waals surface area contributed by atoms with E-state index in [9.17, 15) is 4.79 Å². The van der Waals surface area contributed by atoms with Gasteiger partial charge in [-0.1, -0.05) is 0 Å². The summed E-state index contributed by atoms with van der Waals surface area (Å²) < 4.78 is 11.0. The minimum atomic E-state index is -0.396. The molecule has 1 aliphatic heterocycles. The minimum Gasteiger partial charge on any atom is -0.486 e.